The van der Waals surface area contributed by atoms with Crippen LogP contribution in [0.2, 0.25) is 5.02 Å². The van der Waals surface area contributed by atoms with Crippen molar-refractivity contribution in [2.45, 2.75) is 34.6 Å². The van der Waals surface area contributed by atoms with Crippen LogP contribution in [0.25, 0.3) is 0 Å². The van der Waals surface area contributed by atoms with E-state index in [1.54, 1.807) is 25.1 Å². The van der Waals surface area contributed by atoms with Gasteiger partial charge in [0.1, 0.15) is 5.75 Å². The van der Waals surface area contributed by atoms with Crippen LogP contribution in [0.1, 0.15) is 33.3 Å². The molecular weight excluding hydrogens is 240 g/mol. The van der Waals surface area contributed by atoms with E-state index in [-0.39, 0.29) is 0 Å². The SMILES string of the molecule is CC.CC.COC=O.Cc1cc(Cl)ccc1O. The van der Waals surface area contributed by atoms with Crippen molar-refractivity contribution in [2.24, 2.45) is 0 Å². The van der Waals surface area contributed by atoms with Gasteiger partial charge >= 0.3 is 0 Å². The Morgan fingerprint density at radius 1 is 1.24 bits per heavy atom. The van der Waals surface area contributed by atoms with Crippen molar-refractivity contribution < 1.29 is 14.6 Å². The molecule has 1 aromatic rings. The second-order valence-corrected chi connectivity index (χ2v) is 2.70. The standard InChI is InChI=1S/C7H7ClO.C2H4O2.2C2H6/c1-5-4-6(8)2-3-7(5)9;1-4-2-3;2*1-2/h2-4,9H,1H3;2H,1H3;2*1-2H3. The predicted molar refractivity (Wildman–Crippen MR) is 73.6 cm³/mol. The molecule has 0 bridgehead atoms. The number of hydrogen-bond acceptors (Lipinski definition) is 3. The van der Waals surface area contributed by atoms with Crippen LogP contribution in [0.3, 0.4) is 0 Å². The molecule has 0 spiro atoms. The third-order valence-electron chi connectivity index (χ3n) is 1.26. The minimum atomic E-state index is 0.291. The summed E-state index contributed by atoms with van der Waals surface area (Å²) >= 11 is 5.61. The molecule has 4 heteroatoms. The predicted octanol–water partition coefficient (Wildman–Crippen LogP) is 4.20. The van der Waals surface area contributed by atoms with Crippen molar-refractivity contribution in [1.82, 2.24) is 0 Å². The minimum Gasteiger partial charge on any atom is -0.508 e. The minimum absolute atomic E-state index is 0.291. The van der Waals surface area contributed by atoms with Gasteiger partial charge in [0, 0.05) is 5.02 Å². The molecule has 0 fully saturated rings. The molecule has 1 aromatic carbocycles. The highest BCUT2D eigenvalue weighted by Crippen LogP contribution is 2.19. The van der Waals surface area contributed by atoms with E-state index in [0.29, 0.717) is 17.2 Å². The number of carbonyl (C=O) groups is 1. The van der Waals surface area contributed by atoms with Crippen molar-refractivity contribution in [3.8, 4) is 5.75 Å². The molecule has 0 saturated heterocycles. The summed E-state index contributed by atoms with van der Waals surface area (Å²) in [6.07, 6.45) is 0. The van der Waals surface area contributed by atoms with Gasteiger partial charge in [0.2, 0.25) is 0 Å². The van der Waals surface area contributed by atoms with Gasteiger partial charge in [0.15, 0.2) is 0 Å². The number of phenols is 1. The summed E-state index contributed by atoms with van der Waals surface area (Å²) in [6, 6.07) is 4.96. The molecular formula is C13H23ClO3. The van der Waals surface area contributed by atoms with Gasteiger partial charge in [-0.1, -0.05) is 39.3 Å². The van der Waals surface area contributed by atoms with E-state index in [2.05, 4.69) is 4.74 Å². The Kier molecular flexibility index (Phi) is 21.3. The Morgan fingerprint density at radius 3 is 1.88 bits per heavy atom. The maximum Gasteiger partial charge on any atom is 0.292 e. The lowest BCUT2D eigenvalue weighted by atomic mass is 10.2. The van der Waals surface area contributed by atoms with Crippen LogP contribution in [0.5, 0.6) is 5.75 Å². The van der Waals surface area contributed by atoms with E-state index in [1.807, 2.05) is 27.7 Å². The lowest BCUT2D eigenvalue weighted by Crippen LogP contribution is -1.71. The lowest BCUT2D eigenvalue weighted by molar-refractivity contribution is -0.126. The molecule has 1 N–H and O–H groups in total. The van der Waals surface area contributed by atoms with Gasteiger partial charge in [0.25, 0.3) is 6.47 Å². The summed E-state index contributed by atoms with van der Waals surface area (Å²) in [4.78, 5) is 8.95. The zero-order chi connectivity index (χ0) is 14.3. The molecule has 1 rings (SSSR count). The third-order valence-corrected chi connectivity index (χ3v) is 1.49. The summed E-state index contributed by atoms with van der Waals surface area (Å²) in [7, 11) is 1.31. The van der Waals surface area contributed by atoms with Crippen LogP contribution in [0.15, 0.2) is 18.2 Å². The average Bonchev–Trinajstić information content (AvgIpc) is 2.39. The smallest absolute Gasteiger partial charge is 0.292 e. The van der Waals surface area contributed by atoms with Gasteiger partial charge in [-0.2, -0.15) is 0 Å². The summed E-state index contributed by atoms with van der Waals surface area (Å²) in [6.45, 7) is 10.2. The maximum absolute atomic E-state index is 8.99. The fourth-order valence-electron chi connectivity index (χ4n) is 0.619. The van der Waals surface area contributed by atoms with Crippen LogP contribution in [0.4, 0.5) is 0 Å². The number of carbonyl (C=O) groups excluding carboxylic acids is 1. The Hall–Kier alpha value is -1.22. The number of benzene rings is 1. The number of aromatic hydroxyl groups is 1. The molecule has 3 nitrogen and oxygen atoms in total. The first-order chi connectivity index (χ1) is 8.11. The zero-order valence-electron chi connectivity index (χ0n) is 11.5. The van der Waals surface area contributed by atoms with Gasteiger partial charge in [-0.05, 0) is 30.7 Å². The van der Waals surface area contributed by atoms with Gasteiger partial charge in [0.05, 0.1) is 7.11 Å². The van der Waals surface area contributed by atoms with Crippen LogP contribution in [0, 0.1) is 6.92 Å². The van der Waals surface area contributed by atoms with Gasteiger partial charge in [-0.15, -0.1) is 0 Å². The lowest BCUT2D eigenvalue weighted by Gasteiger charge is -1.95. The van der Waals surface area contributed by atoms with E-state index in [0.717, 1.165) is 5.56 Å². The van der Waals surface area contributed by atoms with Crippen LogP contribution in [-0.2, 0) is 9.53 Å². The van der Waals surface area contributed by atoms with E-state index in [9.17, 15) is 0 Å². The highest BCUT2D eigenvalue weighted by molar-refractivity contribution is 6.30. The van der Waals surface area contributed by atoms with E-state index >= 15 is 0 Å². The molecule has 0 unspecified atom stereocenters. The number of phenolic OH excluding ortho intramolecular Hbond substituents is 1. The van der Waals surface area contributed by atoms with Crippen molar-refractivity contribution in [1.29, 1.82) is 0 Å². The van der Waals surface area contributed by atoms with Crippen LogP contribution >= 0.6 is 11.6 Å². The molecule has 100 valence electrons. The summed E-state index contributed by atoms with van der Waals surface area (Å²) < 4.78 is 3.86. The first kappa shape index (κ1) is 21.1. The number of aryl methyl sites for hydroxylation is 1. The molecule has 0 aromatic heterocycles. The Labute approximate surface area is 109 Å². The monoisotopic (exact) mass is 262 g/mol. The summed E-state index contributed by atoms with van der Waals surface area (Å²) in [5, 5.41) is 9.64. The zero-order valence-corrected chi connectivity index (χ0v) is 12.2. The fraction of sp³-hybridized carbons (Fsp3) is 0.462. The van der Waals surface area contributed by atoms with Crippen LogP contribution in [-0.4, -0.2) is 18.7 Å². The topological polar surface area (TPSA) is 46.5 Å². The van der Waals surface area contributed by atoms with E-state index in [1.165, 1.54) is 7.11 Å². The molecule has 0 atom stereocenters. The molecule has 0 aliphatic rings. The van der Waals surface area contributed by atoms with Crippen molar-refractivity contribution in [3.05, 3.63) is 28.8 Å². The highest BCUT2D eigenvalue weighted by atomic mass is 35.5. The van der Waals surface area contributed by atoms with Gasteiger partial charge in [-0.25, -0.2) is 0 Å². The maximum atomic E-state index is 8.99. The largest absolute Gasteiger partial charge is 0.508 e. The highest BCUT2D eigenvalue weighted by Gasteiger charge is 1.93. The van der Waals surface area contributed by atoms with Crippen molar-refractivity contribution in [3.63, 3.8) is 0 Å². The molecule has 0 amide bonds. The van der Waals surface area contributed by atoms with Gasteiger partial charge in [-0.3, -0.25) is 4.79 Å². The average molecular weight is 263 g/mol. The number of hydrogen-bond donors (Lipinski definition) is 1. The Morgan fingerprint density at radius 2 is 1.65 bits per heavy atom. The fourth-order valence-corrected chi connectivity index (χ4v) is 0.846. The molecule has 0 radical (unpaired) electrons. The molecule has 0 aliphatic heterocycles. The second-order valence-electron chi connectivity index (χ2n) is 2.26. The third kappa shape index (κ3) is 14.8. The van der Waals surface area contributed by atoms with Crippen molar-refractivity contribution in [2.75, 3.05) is 7.11 Å². The Bertz CT molecular complexity index is 275. The number of halogens is 1. The number of methoxy groups -OCH3 is 1. The van der Waals surface area contributed by atoms with E-state index in [4.69, 9.17) is 21.5 Å². The number of ether oxygens (including phenoxy) is 1. The second kappa shape index (κ2) is 17.2. The van der Waals surface area contributed by atoms with Crippen molar-refractivity contribution >= 4 is 18.1 Å². The van der Waals surface area contributed by atoms with Crippen LogP contribution < -0.4 is 0 Å². The number of rotatable bonds is 1. The summed E-state index contributed by atoms with van der Waals surface area (Å²) in [5.74, 6) is 0.291. The molecule has 0 heterocycles. The Balaban J connectivity index is -0.000000208. The molecule has 0 aliphatic carbocycles. The normalized spacial score (nSPS) is 7.00. The molecule has 0 saturated carbocycles. The first-order valence-corrected chi connectivity index (χ1v) is 5.91. The molecule has 17 heavy (non-hydrogen) atoms. The first-order valence-electron chi connectivity index (χ1n) is 5.53. The summed E-state index contributed by atoms with van der Waals surface area (Å²) in [5.41, 5.74) is 0.808. The quantitative estimate of drug-likeness (QED) is 0.772. The van der Waals surface area contributed by atoms with Gasteiger partial charge < -0.3 is 9.84 Å². The van der Waals surface area contributed by atoms with E-state index < -0.39 is 0 Å².